The topological polar surface area (TPSA) is 91.4 Å². The third-order valence-electron chi connectivity index (χ3n) is 6.13. The molecule has 2 amide bonds. The number of hydrogen-bond donors (Lipinski definition) is 1. The molecule has 2 aliphatic rings. The number of amides is 2. The largest absolute Gasteiger partial charge is 0.372 e. The predicted octanol–water partition coefficient (Wildman–Crippen LogP) is 1.73. The molecule has 2 fully saturated rings. The van der Waals surface area contributed by atoms with Crippen LogP contribution in [0.4, 0.5) is 0 Å². The Kier molecular flexibility index (Phi) is 5.36. The van der Waals surface area contributed by atoms with Crippen LogP contribution < -0.4 is 0 Å². The average Bonchev–Trinajstić information content (AvgIpc) is 3.40. The summed E-state index contributed by atoms with van der Waals surface area (Å²) < 4.78 is 5.39. The Balaban J connectivity index is 1.60. The molecule has 3 heterocycles. The lowest BCUT2D eigenvalue weighted by atomic mass is 9.87. The first kappa shape index (κ1) is 19.6. The van der Waals surface area contributed by atoms with Crippen LogP contribution in [0.3, 0.4) is 0 Å². The molecule has 2 aromatic rings. The van der Waals surface area contributed by atoms with E-state index in [0.29, 0.717) is 37.6 Å². The molecule has 1 N–H and O–H groups in total. The fraction of sp³-hybridized carbons (Fsp3) is 0.524. The van der Waals surface area contributed by atoms with Gasteiger partial charge in [-0.25, -0.2) is 0 Å². The van der Waals surface area contributed by atoms with E-state index in [9.17, 15) is 9.59 Å². The van der Waals surface area contributed by atoms with Crippen LogP contribution in [0.25, 0.3) is 0 Å². The van der Waals surface area contributed by atoms with Crippen LogP contribution in [0.15, 0.2) is 24.3 Å². The Bertz CT molecular complexity index is 911. The number of likely N-dealkylation sites (tertiary alicyclic amines) is 2. The smallest absolute Gasteiger partial charge is 0.276 e. The van der Waals surface area contributed by atoms with Gasteiger partial charge in [-0.2, -0.15) is 15.4 Å². The Morgan fingerprint density at radius 1 is 1.17 bits per heavy atom. The molecule has 0 aliphatic carbocycles. The molecule has 0 radical (unpaired) electrons. The molecule has 1 aromatic heterocycles. The summed E-state index contributed by atoms with van der Waals surface area (Å²) in [5, 5.41) is 10.5. The summed E-state index contributed by atoms with van der Waals surface area (Å²) >= 11 is 0. The van der Waals surface area contributed by atoms with Crippen molar-refractivity contribution in [2.24, 2.45) is 11.8 Å². The lowest BCUT2D eigenvalue weighted by molar-refractivity contribution is -0.137. The Morgan fingerprint density at radius 2 is 1.97 bits per heavy atom. The minimum atomic E-state index is -0.0959. The molecule has 3 atom stereocenters. The van der Waals surface area contributed by atoms with E-state index in [4.69, 9.17) is 4.74 Å². The maximum Gasteiger partial charge on any atom is 0.276 e. The normalized spacial score (nSPS) is 23.5. The monoisotopic (exact) mass is 397 g/mol. The first-order valence-corrected chi connectivity index (χ1v) is 10.1. The number of aryl methyl sites for hydroxylation is 2. The van der Waals surface area contributed by atoms with Gasteiger partial charge in [0, 0.05) is 38.1 Å². The summed E-state index contributed by atoms with van der Waals surface area (Å²) in [6, 6.07) is 8.14. The van der Waals surface area contributed by atoms with Crippen LogP contribution in [0, 0.1) is 25.7 Å². The van der Waals surface area contributed by atoms with Crippen LogP contribution in [0.5, 0.6) is 0 Å². The third-order valence-corrected chi connectivity index (χ3v) is 6.13. The maximum absolute atomic E-state index is 12.9. The van der Waals surface area contributed by atoms with E-state index in [2.05, 4.69) is 34.5 Å². The van der Waals surface area contributed by atoms with E-state index in [1.807, 2.05) is 28.9 Å². The van der Waals surface area contributed by atoms with Gasteiger partial charge in [0.2, 0.25) is 5.91 Å². The van der Waals surface area contributed by atoms with Crippen LogP contribution in [-0.2, 0) is 9.53 Å². The molecule has 2 saturated heterocycles. The lowest BCUT2D eigenvalue weighted by Gasteiger charge is -2.31. The number of ether oxygens (including phenoxy) is 1. The van der Waals surface area contributed by atoms with Crippen LogP contribution in [-0.4, -0.2) is 69.9 Å². The third kappa shape index (κ3) is 3.53. The summed E-state index contributed by atoms with van der Waals surface area (Å²) in [4.78, 5) is 29.6. The summed E-state index contributed by atoms with van der Waals surface area (Å²) in [5.74, 6) is 0.347. The molecule has 4 rings (SSSR count). The average molecular weight is 397 g/mol. The number of carbonyl (C=O) groups is 2. The molecule has 29 heavy (non-hydrogen) atoms. The van der Waals surface area contributed by atoms with Gasteiger partial charge in [-0.05, 0) is 31.9 Å². The zero-order valence-corrected chi connectivity index (χ0v) is 17.1. The van der Waals surface area contributed by atoms with Crippen molar-refractivity contribution in [3.05, 3.63) is 46.8 Å². The lowest BCUT2D eigenvalue weighted by Crippen LogP contribution is -2.39. The Hall–Kier alpha value is -2.74. The zero-order valence-electron chi connectivity index (χ0n) is 17.1. The van der Waals surface area contributed by atoms with E-state index < -0.39 is 0 Å². The molecule has 8 nitrogen and oxygen atoms in total. The van der Waals surface area contributed by atoms with Crippen molar-refractivity contribution in [1.82, 2.24) is 25.2 Å². The molecular weight excluding hydrogens is 370 g/mol. The number of benzene rings is 1. The highest BCUT2D eigenvalue weighted by Gasteiger charge is 2.50. The van der Waals surface area contributed by atoms with Crippen molar-refractivity contribution in [2.45, 2.75) is 26.8 Å². The van der Waals surface area contributed by atoms with E-state index >= 15 is 0 Å². The van der Waals surface area contributed by atoms with Gasteiger partial charge < -0.3 is 14.5 Å². The molecule has 0 saturated carbocycles. The highest BCUT2D eigenvalue weighted by Crippen LogP contribution is 2.46. The Labute approximate surface area is 170 Å². The fourth-order valence-corrected chi connectivity index (χ4v) is 4.69. The first-order chi connectivity index (χ1) is 14.0. The number of fused-ring (bicyclic) bond motifs is 1. The first-order valence-electron chi connectivity index (χ1n) is 10.1. The van der Waals surface area contributed by atoms with Crippen LogP contribution >= 0.6 is 0 Å². The summed E-state index contributed by atoms with van der Waals surface area (Å²) in [6.45, 7) is 8.21. The minimum absolute atomic E-state index is 0.0136. The standard InChI is InChI=1S/C21H27N5O3/c1-4-29-12-18(27)26-10-15-9-25(21(28)19-14(3)22-24-23-19)11-17(15)20(26)16-8-6-5-7-13(16)2/h5-8,15,17,20H,4,9-12H2,1-3H3,(H,22,23,24)/t15-,17-,20+/m0/s1. The fourth-order valence-electron chi connectivity index (χ4n) is 4.69. The molecule has 0 unspecified atom stereocenters. The van der Waals surface area contributed by atoms with E-state index in [-0.39, 0.29) is 36.3 Å². The predicted molar refractivity (Wildman–Crippen MR) is 106 cm³/mol. The molecule has 2 aliphatic heterocycles. The van der Waals surface area contributed by atoms with Gasteiger partial charge in [0.15, 0.2) is 5.69 Å². The van der Waals surface area contributed by atoms with Gasteiger partial charge in [0.05, 0.1) is 11.7 Å². The molecule has 0 bridgehead atoms. The number of nitrogens with zero attached hydrogens (tertiary/aromatic N) is 4. The van der Waals surface area contributed by atoms with Gasteiger partial charge >= 0.3 is 0 Å². The molecule has 1 aromatic carbocycles. The van der Waals surface area contributed by atoms with Gasteiger partial charge in [-0.1, -0.05) is 24.3 Å². The number of carbonyl (C=O) groups excluding carboxylic acids is 2. The summed E-state index contributed by atoms with van der Waals surface area (Å²) in [5.41, 5.74) is 3.29. The number of nitrogens with one attached hydrogen (secondary N) is 1. The molecule has 8 heteroatoms. The number of H-pyrrole nitrogens is 1. The van der Waals surface area contributed by atoms with Crippen LogP contribution in [0.1, 0.15) is 40.3 Å². The van der Waals surface area contributed by atoms with Crippen molar-refractivity contribution in [1.29, 1.82) is 0 Å². The van der Waals surface area contributed by atoms with Gasteiger partial charge in [-0.15, -0.1) is 0 Å². The van der Waals surface area contributed by atoms with E-state index in [1.54, 1.807) is 6.92 Å². The number of aromatic nitrogens is 3. The quantitative estimate of drug-likeness (QED) is 0.830. The number of rotatable bonds is 5. The highest BCUT2D eigenvalue weighted by atomic mass is 16.5. The molecule has 154 valence electrons. The van der Waals surface area contributed by atoms with Crippen molar-refractivity contribution >= 4 is 11.8 Å². The van der Waals surface area contributed by atoms with Crippen LogP contribution in [0.2, 0.25) is 0 Å². The van der Waals surface area contributed by atoms with Gasteiger partial charge in [-0.3, -0.25) is 9.59 Å². The maximum atomic E-state index is 12.9. The highest BCUT2D eigenvalue weighted by molar-refractivity contribution is 5.93. The van der Waals surface area contributed by atoms with Crippen molar-refractivity contribution < 1.29 is 14.3 Å². The SMILES string of the molecule is CCOCC(=O)N1C[C@@H]2CN(C(=O)c3n[nH]nc3C)C[C@@H]2[C@H]1c1ccccc1C. The van der Waals surface area contributed by atoms with Crippen molar-refractivity contribution in [3.8, 4) is 0 Å². The Morgan fingerprint density at radius 3 is 2.66 bits per heavy atom. The van der Waals surface area contributed by atoms with E-state index in [0.717, 1.165) is 11.1 Å². The second kappa shape index (κ2) is 7.94. The van der Waals surface area contributed by atoms with Crippen molar-refractivity contribution in [2.75, 3.05) is 32.8 Å². The van der Waals surface area contributed by atoms with E-state index in [1.165, 1.54) is 0 Å². The minimum Gasteiger partial charge on any atom is -0.372 e. The van der Waals surface area contributed by atoms with Crippen molar-refractivity contribution in [3.63, 3.8) is 0 Å². The summed E-state index contributed by atoms with van der Waals surface area (Å²) in [6.07, 6.45) is 0. The second-order valence-electron chi connectivity index (χ2n) is 7.88. The summed E-state index contributed by atoms with van der Waals surface area (Å²) in [7, 11) is 0. The number of hydrogen-bond acceptors (Lipinski definition) is 5. The van der Waals surface area contributed by atoms with Gasteiger partial charge in [0.1, 0.15) is 6.61 Å². The van der Waals surface area contributed by atoms with Gasteiger partial charge in [0.25, 0.3) is 5.91 Å². The second-order valence-corrected chi connectivity index (χ2v) is 7.88. The molecule has 0 spiro atoms. The number of aromatic amines is 1. The zero-order chi connectivity index (χ0) is 20.5. The molecular formula is C21H27N5O3.